The average molecular weight is 713 g/mol. The molecule has 0 bridgehead atoms. The Hall–Kier alpha value is -4.67. The first kappa shape index (κ1) is 48.4. The van der Waals surface area contributed by atoms with Crippen LogP contribution in [-0.2, 0) is 35.3 Å². The largest absolute Gasteiger partial charge is 0.467 e. The van der Waals surface area contributed by atoms with E-state index in [9.17, 15) is 24.0 Å². The minimum atomic E-state index is -1.01. The Balaban J connectivity index is 0. The number of benzene rings is 2. The normalized spacial score (nSPS) is 13.4. The van der Waals surface area contributed by atoms with Gasteiger partial charge in [-0.2, -0.15) is 0 Å². The highest BCUT2D eigenvalue weighted by Gasteiger charge is 2.30. The number of hydrogen-bond acceptors (Lipinski definition) is 7. The molecule has 11 nitrogen and oxygen atoms in total. The molecule has 0 aliphatic carbocycles. The predicted molar refractivity (Wildman–Crippen MR) is 206 cm³/mol. The molecule has 1 fully saturated rings. The molecular weight excluding hydrogens is 648 g/mol. The number of carbonyl (C=O) groups is 5. The van der Waals surface area contributed by atoms with Gasteiger partial charge in [0.2, 0.25) is 17.7 Å². The summed E-state index contributed by atoms with van der Waals surface area (Å²) in [4.78, 5) is 59.6. The lowest BCUT2D eigenvalue weighted by atomic mass is 9.91. The van der Waals surface area contributed by atoms with Crippen molar-refractivity contribution in [1.29, 1.82) is 0 Å². The van der Waals surface area contributed by atoms with Crippen LogP contribution < -0.4 is 21.3 Å². The highest BCUT2D eigenvalue weighted by molar-refractivity contribution is 5.90. The second-order valence-electron chi connectivity index (χ2n) is 11.7. The van der Waals surface area contributed by atoms with Crippen molar-refractivity contribution in [3.8, 4) is 0 Å². The first-order valence-corrected chi connectivity index (χ1v) is 17.9. The zero-order valence-electron chi connectivity index (χ0n) is 32.8. The molecule has 3 rings (SSSR count). The summed E-state index contributed by atoms with van der Waals surface area (Å²) in [6.45, 7) is 20.7. The lowest BCUT2D eigenvalue weighted by molar-refractivity contribution is -0.146. The first-order valence-electron chi connectivity index (χ1n) is 17.9. The van der Waals surface area contributed by atoms with E-state index in [1.807, 2.05) is 52.8 Å². The molecule has 2 aromatic carbocycles. The predicted octanol–water partition coefficient (Wildman–Crippen LogP) is 6.65. The molecule has 51 heavy (non-hydrogen) atoms. The van der Waals surface area contributed by atoms with Crippen molar-refractivity contribution in [3.63, 3.8) is 0 Å². The van der Waals surface area contributed by atoms with Crippen LogP contribution in [0.25, 0.3) is 6.08 Å². The van der Waals surface area contributed by atoms with E-state index in [-0.39, 0.29) is 25.5 Å². The van der Waals surface area contributed by atoms with Crippen molar-refractivity contribution < 1.29 is 33.4 Å². The third-order valence-corrected chi connectivity index (χ3v) is 6.67. The van der Waals surface area contributed by atoms with Gasteiger partial charge in [0.15, 0.2) is 0 Å². The second-order valence-corrected chi connectivity index (χ2v) is 11.7. The van der Waals surface area contributed by atoms with Crippen molar-refractivity contribution >= 4 is 35.9 Å². The van der Waals surface area contributed by atoms with Gasteiger partial charge in [-0.3, -0.25) is 14.4 Å². The number of carbonyl (C=O) groups excluding carboxylic acids is 5. The lowest BCUT2D eigenvalue weighted by Crippen LogP contribution is -2.49. The molecule has 4 N–H and O–H groups in total. The van der Waals surface area contributed by atoms with Crippen LogP contribution in [0.2, 0.25) is 0 Å². The van der Waals surface area contributed by atoms with Gasteiger partial charge in [0.05, 0.1) is 13.7 Å². The molecule has 286 valence electrons. The minimum absolute atomic E-state index is 0.0602. The monoisotopic (exact) mass is 712 g/mol. The molecule has 1 heterocycles. The van der Waals surface area contributed by atoms with Gasteiger partial charge in [0.1, 0.15) is 19.2 Å². The van der Waals surface area contributed by atoms with E-state index in [1.165, 1.54) is 23.8 Å². The number of piperidine rings is 1. The number of ether oxygens (including phenoxy) is 2. The van der Waals surface area contributed by atoms with Crippen LogP contribution in [0, 0.1) is 25.7 Å². The van der Waals surface area contributed by atoms with Crippen molar-refractivity contribution in [2.45, 2.75) is 101 Å². The fourth-order valence-electron chi connectivity index (χ4n) is 4.37. The van der Waals surface area contributed by atoms with E-state index in [0.29, 0.717) is 13.0 Å². The Kier molecular flexibility index (Phi) is 28.7. The zero-order valence-corrected chi connectivity index (χ0v) is 32.8. The molecule has 11 heteroatoms. The molecule has 1 aliphatic rings. The molecule has 2 atom stereocenters. The number of allylic oxidation sites excluding steroid dienone is 1. The quantitative estimate of drug-likeness (QED) is 0.190. The van der Waals surface area contributed by atoms with E-state index in [1.54, 1.807) is 12.1 Å². The minimum Gasteiger partial charge on any atom is -0.467 e. The standard InChI is InChI=1S/C21H28N4O7.C11H14.C4H10.2C2H6/c1-31-20(29)16(10-15-8-5-9-22-19(15)28)25-18(27)12-23-17(26)11-24-21(30)32-13-14-6-3-2-4-7-14;1-4-6-11-9(2)7-5-8-10(11)3;1-4(2)3;2*1-2/h2-4,6-7,15-16H,5,8-13H2,1H3,(H,22,28)(H,23,26)(H,24,30)(H,25,27);4-8H,1-3H3;4H,1-3H3;2*1-2H3/b;6-4-;;;/t15-,16?;;;;/m0..../s1. The third-order valence-electron chi connectivity index (χ3n) is 6.67. The molecule has 1 saturated heterocycles. The SMILES string of the molecule is C/C=C\c1c(C)cccc1C.CC.CC.CC(C)C.COC(=O)C(C[C@@H]1CCCNC1=O)NC(=O)CNC(=O)CNC(=O)OCc1ccccc1. The van der Waals surface area contributed by atoms with E-state index in [0.717, 1.165) is 17.9 Å². The summed E-state index contributed by atoms with van der Waals surface area (Å²) in [6, 6.07) is 14.4. The van der Waals surface area contributed by atoms with E-state index >= 15 is 0 Å². The van der Waals surface area contributed by atoms with Gasteiger partial charge in [-0.1, -0.05) is 109 Å². The number of nitrogens with one attached hydrogen (secondary N) is 4. The Morgan fingerprint density at radius 1 is 0.882 bits per heavy atom. The van der Waals surface area contributed by atoms with Gasteiger partial charge in [0.25, 0.3) is 0 Å². The maximum atomic E-state index is 12.2. The molecule has 1 unspecified atom stereocenters. The molecule has 2 aromatic rings. The van der Waals surface area contributed by atoms with Crippen LogP contribution in [-0.4, -0.2) is 62.6 Å². The Labute approximate surface area is 306 Å². The number of amides is 4. The maximum absolute atomic E-state index is 12.2. The van der Waals surface area contributed by atoms with Crippen LogP contribution in [0.4, 0.5) is 4.79 Å². The number of aryl methyl sites for hydroxylation is 2. The lowest BCUT2D eigenvalue weighted by Gasteiger charge is -2.25. The number of methoxy groups -OCH3 is 1. The van der Waals surface area contributed by atoms with Gasteiger partial charge in [-0.05, 0) is 68.2 Å². The molecule has 0 aromatic heterocycles. The van der Waals surface area contributed by atoms with Gasteiger partial charge < -0.3 is 30.7 Å². The molecule has 0 saturated carbocycles. The van der Waals surface area contributed by atoms with Crippen molar-refractivity contribution in [2.24, 2.45) is 11.8 Å². The smallest absolute Gasteiger partial charge is 0.407 e. The van der Waals surface area contributed by atoms with Gasteiger partial charge >= 0.3 is 12.1 Å². The Morgan fingerprint density at radius 2 is 1.45 bits per heavy atom. The molecular formula is C40H64N4O7. The second kappa shape index (κ2) is 30.2. The number of esters is 1. The maximum Gasteiger partial charge on any atom is 0.407 e. The van der Waals surface area contributed by atoms with Crippen molar-refractivity contribution in [2.75, 3.05) is 26.7 Å². The summed E-state index contributed by atoms with van der Waals surface area (Å²) in [5.41, 5.74) is 4.86. The van der Waals surface area contributed by atoms with Crippen molar-refractivity contribution in [1.82, 2.24) is 21.3 Å². The topological polar surface area (TPSA) is 152 Å². The molecule has 4 amide bonds. The van der Waals surface area contributed by atoms with E-state index in [4.69, 9.17) is 9.47 Å². The van der Waals surface area contributed by atoms with Crippen LogP contribution in [0.5, 0.6) is 0 Å². The van der Waals surface area contributed by atoms with Crippen LogP contribution in [0.1, 0.15) is 96.9 Å². The van der Waals surface area contributed by atoms with Crippen LogP contribution in [0.15, 0.2) is 54.6 Å². The van der Waals surface area contributed by atoms with Gasteiger partial charge in [0, 0.05) is 12.5 Å². The number of rotatable bonds is 11. The van der Waals surface area contributed by atoms with Gasteiger partial charge in [-0.15, -0.1) is 0 Å². The summed E-state index contributed by atoms with van der Waals surface area (Å²) >= 11 is 0. The molecule has 0 spiro atoms. The van der Waals surface area contributed by atoms with Crippen LogP contribution >= 0.6 is 0 Å². The number of hydrogen-bond donors (Lipinski definition) is 4. The highest BCUT2D eigenvalue weighted by atomic mass is 16.5. The Bertz CT molecular complexity index is 1290. The Morgan fingerprint density at radius 3 is 1.98 bits per heavy atom. The summed E-state index contributed by atoms with van der Waals surface area (Å²) in [5.74, 6) is -1.66. The summed E-state index contributed by atoms with van der Waals surface area (Å²) in [6.07, 6.45) is 4.96. The summed E-state index contributed by atoms with van der Waals surface area (Å²) in [7, 11) is 1.19. The molecule has 0 radical (unpaired) electrons. The van der Waals surface area contributed by atoms with E-state index in [2.05, 4.69) is 86.2 Å². The average Bonchev–Trinajstić information content (AvgIpc) is 3.13. The first-order chi connectivity index (χ1) is 24.4. The number of alkyl carbamates (subject to hydrolysis) is 1. The fourth-order valence-corrected chi connectivity index (χ4v) is 4.37. The van der Waals surface area contributed by atoms with Crippen molar-refractivity contribution in [3.05, 3.63) is 76.9 Å². The van der Waals surface area contributed by atoms with E-state index < -0.39 is 42.4 Å². The molecule has 1 aliphatic heterocycles. The van der Waals surface area contributed by atoms with Gasteiger partial charge in [-0.25, -0.2) is 9.59 Å². The van der Waals surface area contributed by atoms with Crippen LogP contribution in [0.3, 0.4) is 0 Å². The zero-order chi connectivity index (χ0) is 39.2. The fraction of sp³-hybridized carbons (Fsp3) is 0.525. The summed E-state index contributed by atoms with van der Waals surface area (Å²) in [5, 5.41) is 9.81. The highest BCUT2D eigenvalue weighted by Crippen LogP contribution is 2.18. The summed E-state index contributed by atoms with van der Waals surface area (Å²) < 4.78 is 9.68. The third kappa shape index (κ3) is 23.4.